The lowest BCUT2D eigenvalue weighted by molar-refractivity contribution is -0.124. The quantitative estimate of drug-likeness (QED) is 0.851. The number of piperidine rings is 1. The van der Waals surface area contributed by atoms with Gasteiger partial charge in [-0.05, 0) is 25.0 Å². The van der Waals surface area contributed by atoms with Crippen molar-refractivity contribution in [3.8, 4) is 0 Å². The summed E-state index contributed by atoms with van der Waals surface area (Å²) in [7, 11) is 0. The average Bonchev–Trinajstić information content (AvgIpc) is 2.41. The maximum absolute atomic E-state index is 13.2. The number of rotatable bonds is 3. The van der Waals surface area contributed by atoms with Gasteiger partial charge in [-0.1, -0.05) is 0 Å². The summed E-state index contributed by atoms with van der Waals surface area (Å²) in [5, 5.41) is 6.99. The molecular weight excluding hydrogens is 254 g/mol. The van der Waals surface area contributed by atoms with Gasteiger partial charge in [-0.3, -0.25) is 9.59 Å². The van der Waals surface area contributed by atoms with Gasteiger partial charge in [0, 0.05) is 18.2 Å². The third-order valence-corrected chi connectivity index (χ3v) is 3.10. The van der Waals surface area contributed by atoms with E-state index in [4.69, 9.17) is 5.41 Å². The number of amides is 1. The number of benzene rings is 1. The Morgan fingerprint density at radius 1 is 1.37 bits per heavy atom. The molecule has 0 unspecified atom stereocenters. The average molecular weight is 266 g/mol. The highest BCUT2D eigenvalue weighted by Gasteiger charge is 2.33. The Balaban J connectivity index is 2.41. The highest BCUT2D eigenvalue weighted by atomic mass is 19.2. The first-order valence-electron chi connectivity index (χ1n) is 5.86. The second-order valence-electron chi connectivity index (χ2n) is 4.32. The van der Waals surface area contributed by atoms with E-state index in [1.54, 1.807) is 0 Å². The predicted octanol–water partition coefficient (Wildman–Crippen LogP) is 2.07. The first kappa shape index (κ1) is 13.3. The van der Waals surface area contributed by atoms with Gasteiger partial charge < -0.3 is 10.3 Å². The Kier molecular flexibility index (Phi) is 3.69. The van der Waals surface area contributed by atoms with Crippen LogP contribution >= 0.6 is 0 Å². The summed E-state index contributed by atoms with van der Waals surface area (Å²) >= 11 is 0. The maximum Gasteiger partial charge on any atom is 0.227 e. The van der Waals surface area contributed by atoms with E-state index < -0.39 is 23.5 Å². The molecule has 1 saturated heterocycles. The Morgan fingerprint density at radius 2 is 2.11 bits per heavy atom. The topological polar surface area (TPSA) is 61.2 Å². The third-order valence-electron chi connectivity index (χ3n) is 3.10. The molecule has 100 valence electrons. The van der Waals surface area contributed by atoms with Crippen molar-refractivity contribution in [3.63, 3.8) is 0 Å². The Bertz CT molecular complexity index is 545. The summed E-state index contributed by atoms with van der Waals surface area (Å²) in [6, 6.07) is 2.26. The summed E-state index contributed by atoms with van der Waals surface area (Å²) in [5.41, 5.74) is 0.142. The summed E-state index contributed by atoms with van der Waals surface area (Å²) in [6.45, 7) is 0. The van der Waals surface area contributed by atoms with Gasteiger partial charge in [-0.15, -0.1) is 0 Å². The van der Waals surface area contributed by atoms with Crippen molar-refractivity contribution in [2.75, 3.05) is 4.90 Å². The van der Waals surface area contributed by atoms with Crippen LogP contribution in [0.5, 0.6) is 0 Å². The van der Waals surface area contributed by atoms with Gasteiger partial charge >= 0.3 is 0 Å². The fourth-order valence-electron chi connectivity index (χ4n) is 2.19. The van der Waals surface area contributed by atoms with Gasteiger partial charge in [0.1, 0.15) is 6.04 Å². The second kappa shape index (κ2) is 5.26. The number of hydrogen-bond acceptors (Lipinski definition) is 3. The van der Waals surface area contributed by atoms with E-state index in [0.717, 1.165) is 17.0 Å². The number of anilines is 1. The lowest BCUT2D eigenvalue weighted by Gasteiger charge is -2.33. The van der Waals surface area contributed by atoms with Crippen LogP contribution in [0.2, 0.25) is 0 Å². The van der Waals surface area contributed by atoms with Crippen molar-refractivity contribution in [2.45, 2.75) is 25.3 Å². The van der Waals surface area contributed by atoms with E-state index in [-0.39, 0.29) is 18.0 Å². The molecule has 1 aromatic carbocycles. The number of carbonyl (C=O) groups excluding carboxylic acids is 2. The van der Waals surface area contributed by atoms with Crippen molar-refractivity contribution in [3.05, 3.63) is 29.8 Å². The molecule has 1 aliphatic heterocycles. The van der Waals surface area contributed by atoms with Crippen LogP contribution in [-0.4, -0.2) is 23.9 Å². The van der Waals surface area contributed by atoms with Gasteiger partial charge in [0.2, 0.25) is 5.91 Å². The Hall–Kier alpha value is -2.11. The maximum atomic E-state index is 13.2. The Labute approximate surface area is 108 Å². The number of nitrogens with zero attached hydrogens (tertiary/aromatic N) is 1. The number of carbonyl (C=O) groups is 2. The van der Waals surface area contributed by atoms with E-state index >= 15 is 0 Å². The van der Waals surface area contributed by atoms with Gasteiger partial charge in [0.25, 0.3) is 0 Å². The minimum absolute atomic E-state index is 0.142. The molecule has 1 N–H and O–H groups in total. The summed E-state index contributed by atoms with van der Waals surface area (Å²) in [4.78, 5) is 24.7. The molecule has 0 saturated carbocycles. The molecule has 19 heavy (non-hydrogen) atoms. The highest BCUT2D eigenvalue weighted by Crippen LogP contribution is 2.27. The molecule has 1 heterocycles. The number of ketones is 1. The van der Waals surface area contributed by atoms with Crippen LogP contribution in [0.25, 0.3) is 0 Å². The standard InChI is InChI=1S/C13H12F2N2O2/c14-9-5-4-8(6-10(9)15)17-11(12(18)7-16)2-1-3-13(17)19/h4-7,11,16H,1-3H2/t11-/m0/s1. The summed E-state index contributed by atoms with van der Waals surface area (Å²) in [6.07, 6.45) is 1.86. The zero-order valence-corrected chi connectivity index (χ0v) is 10.0. The zero-order chi connectivity index (χ0) is 14.0. The number of halogens is 2. The van der Waals surface area contributed by atoms with E-state index in [9.17, 15) is 18.4 Å². The molecule has 4 nitrogen and oxygen atoms in total. The van der Waals surface area contributed by atoms with E-state index in [1.807, 2.05) is 0 Å². The van der Waals surface area contributed by atoms with Gasteiger partial charge in [0.15, 0.2) is 17.4 Å². The molecule has 0 spiro atoms. The van der Waals surface area contributed by atoms with Crippen molar-refractivity contribution in [1.29, 1.82) is 5.41 Å². The van der Waals surface area contributed by atoms with Gasteiger partial charge in [0.05, 0.1) is 6.21 Å². The molecule has 0 aromatic heterocycles. The molecule has 1 aliphatic rings. The minimum atomic E-state index is -1.07. The van der Waals surface area contributed by atoms with Crippen LogP contribution in [0.4, 0.5) is 14.5 Å². The van der Waals surface area contributed by atoms with Crippen LogP contribution in [0, 0.1) is 17.0 Å². The third kappa shape index (κ3) is 2.52. The zero-order valence-electron chi connectivity index (χ0n) is 10.0. The monoisotopic (exact) mass is 266 g/mol. The van der Waals surface area contributed by atoms with Crippen LogP contribution in [-0.2, 0) is 9.59 Å². The van der Waals surface area contributed by atoms with Gasteiger partial charge in [-0.2, -0.15) is 0 Å². The smallest absolute Gasteiger partial charge is 0.227 e. The molecule has 6 heteroatoms. The normalized spacial score (nSPS) is 19.4. The minimum Gasteiger partial charge on any atom is -0.305 e. The van der Waals surface area contributed by atoms with Gasteiger partial charge in [-0.25, -0.2) is 8.78 Å². The van der Waals surface area contributed by atoms with Crippen molar-refractivity contribution in [2.24, 2.45) is 0 Å². The molecule has 1 atom stereocenters. The predicted molar refractivity (Wildman–Crippen MR) is 65.3 cm³/mol. The summed E-state index contributed by atoms with van der Waals surface area (Å²) < 4.78 is 26.1. The Morgan fingerprint density at radius 3 is 2.74 bits per heavy atom. The fourth-order valence-corrected chi connectivity index (χ4v) is 2.19. The van der Waals surface area contributed by atoms with Crippen LogP contribution in [0.3, 0.4) is 0 Å². The van der Waals surface area contributed by atoms with E-state index in [2.05, 4.69) is 0 Å². The lowest BCUT2D eigenvalue weighted by Crippen LogP contribution is -2.48. The first-order valence-corrected chi connectivity index (χ1v) is 5.86. The number of nitrogens with one attached hydrogen (secondary N) is 1. The van der Waals surface area contributed by atoms with E-state index in [0.29, 0.717) is 19.1 Å². The number of hydrogen-bond donors (Lipinski definition) is 1. The largest absolute Gasteiger partial charge is 0.305 e. The second-order valence-corrected chi connectivity index (χ2v) is 4.32. The fraction of sp³-hybridized carbons (Fsp3) is 0.308. The van der Waals surface area contributed by atoms with Crippen molar-refractivity contribution in [1.82, 2.24) is 0 Å². The van der Waals surface area contributed by atoms with Crippen molar-refractivity contribution >= 4 is 23.6 Å². The molecule has 1 amide bonds. The highest BCUT2D eigenvalue weighted by molar-refractivity contribution is 6.30. The SMILES string of the molecule is N=CC(=O)[C@@H]1CCCC(=O)N1c1ccc(F)c(F)c1. The molecular formula is C13H12F2N2O2. The van der Waals surface area contributed by atoms with Crippen LogP contribution in [0.1, 0.15) is 19.3 Å². The molecule has 0 aliphatic carbocycles. The first-order chi connectivity index (χ1) is 9.04. The number of Topliss-reactive ketones (excluding diaryl/α,β-unsaturated/α-hetero) is 1. The molecule has 1 fully saturated rings. The molecule has 0 radical (unpaired) electrons. The van der Waals surface area contributed by atoms with Crippen LogP contribution in [0.15, 0.2) is 18.2 Å². The molecule has 1 aromatic rings. The molecule has 0 bridgehead atoms. The van der Waals surface area contributed by atoms with E-state index in [1.165, 1.54) is 6.07 Å². The summed E-state index contributed by atoms with van der Waals surface area (Å²) in [5.74, 6) is -2.92. The van der Waals surface area contributed by atoms with Crippen molar-refractivity contribution < 1.29 is 18.4 Å². The lowest BCUT2D eigenvalue weighted by atomic mass is 9.97. The van der Waals surface area contributed by atoms with Crippen LogP contribution < -0.4 is 4.90 Å². The molecule has 2 rings (SSSR count).